The van der Waals surface area contributed by atoms with Crippen LogP contribution in [0.5, 0.6) is 0 Å². The molecule has 28 heavy (non-hydrogen) atoms. The average Bonchev–Trinajstić information content (AvgIpc) is 3.08. The first-order valence-electron chi connectivity index (χ1n) is 7.92. The fourth-order valence-electron chi connectivity index (χ4n) is 2.36. The predicted octanol–water partition coefficient (Wildman–Crippen LogP) is 2.51. The van der Waals surface area contributed by atoms with E-state index in [1.165, 1.54) is 16.7 Å². The van der Waals surface area contributed by atoms with Gasteiger partial charge in [-0.3, -0.25) is 19.5 Å². The zero-order valence-corrected chi connectivity index (χ0v) is 14.9. The molecule has 2 N–H and O–H groups in total. The number of aromatic nitrogens is 2. The minimum Gasteiger partial charge on any atom is -0.329 e. The maximum Gasteiger partial charge on any atom is 0.405 e. The Bertz CT molecular complexity index is 1080. The molecule has 0 radical (unpaired) electrons. The van der Waals surface area contributed by atoms with Gasteiger partial charge in [0.15, 0.2) is 0 Å². The molecule has 0 aliphatic carbocycles. The summed E-state index contributed by atoms with van der Waals surface area (Å²) in [5.41, 5.74) is 0.421. The molecule has 7 nitrogen and oxygen atoms in total. The first-order valence-corrected chi connectivity index (χ1v) is 8.73. The molecule has 0 atom stereocenters. The molecule has 0 aliphatic heterocycles. The van der Waals surface area contributed by atoms with Crippen LogP contribution in [0.3, 0.4) is 0 Å². The molecule has 146 valence electrons. The van der Waals surface area contributed by atoms with Gasteiger partial charge in [-0.1, -0.05) is 30.3 Å². The van der Waals surface area contributed by atoms with Crippen LogP contribution in [0.4, 0.5) is 18.0 Å². The molecule has 0 spiro atoms. The molecule has 0 fully saturated rings. The number of thiophene rings is 1. The van der Waals surface area contributed by atoms with E-state index in [2.05, 4.69) is 4.98 Å². The van der Waals surface area contributed by atoms with Crippen LogP contribution >= 0.6 is 11.3 Å². The summed E-state index contributed by atoms with van der Waals surface area (Å²) in [6.45, 7) is -2.13. The second-order valence-electron chi connectivity index (χ2n) is 5.72. The largest absolute Gasteiger partial charge is 0.405 e. The maximum absolute atomic E-state index is 12.6. The van der Waals surface area contributed by atoms with Crippen molar-refractivity contribution in [2.45, 2.75) is 12.7 Å². The number of hydrogen-bond donors (Lipinski definition) is 2. The first kappa shape index (κ1) is 19.5. The quantitative estimate of drug-likeness (QED) is 0.691. The van der Waals surface area contributed by atoms with E-state index < -0.39 is 36.8 Å². The highest BCUT2D eigenvalue weighted by Crippen LogP contribution is 2.30. The van der Waals surface area contributed by atoms with Crippen molar-refractivity contribution >= 4 is 33.5 Å². The van der Waals surface area contributed by atoms with E-state index >= 15 is 0 Å². The van der Waals surface area contributed by atoms with Crippen molar-refractivity contribution in [1.29, 1.82) is 0 Å². The van der Waals surface area contributed by atoms with Crippen LogP contribution in [0.1, 0.15) is 0 Å². The standard InChI is InChI=1S/C17H13F3N4O3S/c18-17(19,20)8-21-16(27)23-13(25)7-24-9-22-14-11(15(24)26)6-12(28-14)10-4-2-1-3-5-10/h1-6,9H,7-8H2,(H2,21,23,25,27). The van der Waals surface area contributed by atoms with Crippen LogP contribution in [0.15, 0.2) is 47.5 Å². The second-order valence-corrected chi connectivity index (χ2v) is 6.75. The molecule has 3 rings (SSSR count). The highest BCUT2D eigenvalue weighted by Gasteiger charge is 2.28. The predicted molar refractivity (Wildman–Crippen MR) is 96.9 cm³/mol. The molecule has 0 aliphatic rings. The number of amides is 3. The number of carbonyl (C=O) groups excluding carboxylic acids is 2. The summed E-state index contributed by atoms with van der Waals surface area (Å²) in [4.78, 5) is 41.1. The summed E-state index contributed by atoms with van der Waals surface area (Å²) in [5.74, 6) is -0.943. The summed E-state index contributed by atoms with van der Waals surface area (Å²) in [7, 11) is 0. The van der Waals surface area contributed by atoms with E-state index in [4.69, 9.17) is 0 Å². The Morgan fingerprint density at radius 2 is 1.89 bits per heavy atom. The molecular formula is C17H13F3N4O3S. The molecule has 3 amide bonds. The molecule has 0 saturated heterocycles. The third-order valence-corrected chi connectivity index (χ3v) is 4.68. The minimum absolute atomic E-state index is 0.306. The lowest BCUT2D eigenvalue weighted by atomic mass is 10.2. The molecule has 0 unspecified atom stereocenters. The van der Waals surface area contributed by atoms with Crippen LogP contribution in [0.2, 0.25) is 0 Å². The fourth-order valence-corrected chi connectivity index (χ4v) is 3.36. The van der Waals surface area contributed by atoms with E-state index in [1.54, 1.807) is 11.4 Å². The van der Waals surface area contributed by atoms with Crippen molar-refractivity contribution in [2.24, 2.45) is 0 Å². The van der Waals surface area contributed by atoms with Gasteiger partial charge in [-0.05, 0) is 11.6 Å². The third-order valence-electron chi connectivity index (χ3n) is 3.59. The van der Waals surface area contributed by atoms with Gasteiger partial charge < -0.3 is 5.32 Å². The maximum atomic E-state index is 12.6. The Hall–Kier alpha value is -3.21. The minimum atomic E-state index is -4.60. The Labute approximate surface area is 159 Å². The number of hydrogen-bond acceptors (Lipinski definition) is 5. The number of carbonyl (C=O) groups is 2. The molecular weight excluding hydrogens is 397 g/mol. The van der Waals surface area contributed by atoms with Gasteiger partial charge in [-0.2, -0.15) is 13.2 Å². The van der Waals surface area contributed by atoms with Crippen molar-refractivity contribution in [1.82, 2.24) is 20.2 Å². The van der Waals surface area contributed by atoms with Crippen molar-refractivity contribution in [3.8, 4) is 10.4 Å². The van der Waals surface area contributed by atoms with Gasteiger partial charge >= 0.3 is 12.2 Å². The topological polar surface area (TPSA) is 93.1 Å². The number of benzene rings is 1. The summed E-state index contributed by atoms with van der Waals surface area (Å²) in [5, 5.41) is 3.55. The number of halogens is 3. The molecule has 2 aromatic heterocycles. The van der Waals surface area contributed by atoms with Crippen LogP contribution in [-0.4, -0.2) is 34.2 Å². The highest BCUT2D eigenvalue weighted by molar-refractivity contribution is 7.21. The Kier molecular flexibility index (Phi) is 5.45. The molecule has 0 bridgehead atoms. The van der Waals surface area contributed by atoms with Gasteiger partial charge in [-0.25, -0.2) is 9.78 Å². The lowest BCUT2D eigenvalue weighted by Crippen LogP contribution is -2.45. The number of rotatable bonds is 4. The first-order chi connectivity index (χ1) is 13.2. The molecule has 3 aromatic rings. The van der Waals surface area contributed by atoms with Gasteiger partial charge in [0, 0.05) is 4.88 Å². The van der Waals surface area contributed by atoms with E-state index in [1.807, 2.05) is 30.3 Å². The number of alkyl halides is 3. The number of fused-ring (bicyclic) bond motifs is 1. The van der Waals surface area contributed by atoms with Crippen molar-refractivity contribution < 1.29 is 22.8 Å². The molecule has 0 saturated carbocycles. The summed E-state index contributed by atoms with van der Waals surface area (Å²) < 4.78 is 37.1. The van der Waals surface area contributed by atoms with E-state index in [0.29, 0.717) is 10.2 Å². The van der Waals surface area contributed by atoms with Gasteiger partial charge in [0.25, 0.3) is 5.56 Å². The van der Waals surface area contributed by atoms with Crippen LogP contribution in [-0.2, 0) is 11.3 Å². The molecule has 2 heterocycles. The zero-order valence-electron chi connectivity index (χ0n) is 14.1. The lowest BCUT2D eigenvalue weighted by molar-refractivity contribution is -0.124. The summed E-state index contributed by atoms with van der Waals surface area (Å²) in [6, 6.07) is 9.72. The number of nitrogens with zero attached hydrogens (tertiary/aromatic N) is 2. The smallest absolute Gasteiger partial charge is 0.329 e. The van der Waals surface area contributed by atoms with Crippen LogP contribution < -0.4 is 16.2 Å². The zero-order chi connectivity index (χ0) is 20.3. The Morgan fingerprint density at radius 1 is 1.18 bits per heavy atom. The lowest BCUT2D eigenvalue weighted by Gasteiger charge is -2.09. The van der Waals surface area contributed by atoms with E-state index in [-0.39, 0.29) is 0 Å². The van der Waals surface area contributed by atoms with Crippen molar-refractivity contribution in [3.05, 3.63) is 53.1 Å². The van der Waals surface area contributed by atoms with Gasteiger partial charge in [0.2, 0.25) is 5.91 Å². The van der Waals surface area contributed by atoms with Crippen molar-refractivity contribution in [3.63, 3.8) is 0 Å². The van der Waals surface area contributed by atoms with Gasteiger partial charge in [0.05, 0.1) is 11.7 Å². The van der Waals surface area contributed by atoms with Crippen molar-refractivity contribution in [2.75, 3.05) is 6.54 Å². The number of nitrogens with one attached hydrogen (secondary N) is 2. The van der Waals surface area contributed by atoms with E-state index in [9.17, 15) is 27.6 Å². The molecule has 11 heteroatoms. The normalized spacial score (nSPS) is 11.4. The number of imide groups is 1. The number of urea groups is 1. The summed E-state index contributed by atoms with van der Waals surface area (Å²) in [6.07, 6.45) is -3.44. The van der Waals surface area contributed by atoms with Gasteiger partial charge in [0.1, 0.15) is 17.9 Å². The average molecular weight is 410 g/mol. The monoisotopic (exact) mass is 410 g/mol. The van der Waals surface area contributed by atoms with Crippen LogP contribution in [0.25, 0.3) is 20.7 Å². The molecule has 1 aromatic carbocycles. The SMILES string of the molecule is O=C(Cn1cnc2sc(-c3ccccc3)cc2c1=O)NC(=O)NCC(F)(F)F. The van der Waals surface area contributed by atoms with Gasteiger partial charge in [-0.15, -0.1) is 11.3 Å². The highest BCUT2D eigenvalue weighted by atomic mass is 32.1. The third kappa shape index (κ3) is 4.74. The van der Waals surface area contributed by atoms with Crippen LogP contribution in [0, 0.1) is 0 Å². The second kappa shape index (κ2) is 7.80. The Balaban J connectivity index is 1.73. The summed E-state index contributed by atoms with van der Waals surface area (Å²) >= 11 is 1.32. The fraction of sp³-hybridized carbons (Fsp3) is 0.176. The Morgan fingerprint density at radius 3 is 2.57 bits per heavy atom. The van der Waals surface area contributed by atoms with E-state index in [0.717, 1.165) is 21.3 Å².